The minimum Gasteiger partial charge on any atom is -0.324 e. The van der Waals surface area contributed by atoms with Gasteiger partial charge in [-0.05, 0) is 37.1 Å². The molecule has 150 valence electrons. The summed E-state index contributed by atoms with van der Waals surface area (Å²) in [5.74, 6) is -0.380. The molecule has 7 nitrogen and oxygen atoms in total. The van der Waals surface area contributed by atoms with E-state index in [4.69, 9.17) is 0 Å². The molecule has 1 aliphatic heterocycles. The standard InChI is InChI=1S/C18H21N3O4S3/c1-11-5-6-12(2)13(7-11)19-15(22)9-21-14-8-17(28(24,25)20(3)4)27-18(14)26-10-16(21)23/h5-8H,9-10H2,1-4H3,(H,19,22). The number of hydrogen-bond acceptors (Lipinski definition) is 6. The van der Waals surface area contributed by atoms with Crippen LogP contribution in [0.1, 0.15) is 11.1 Å². The van der Waals surface area contributed by atoms with Crippen LogP contribution in [0.5, 0.6) is 0 Å². The number of thiophene rings is 1. The van der Waals surface area contributed by atoms with Crippen LogP contribution < -0.4 is 10.2 Å². The topological polar surface area (TPSA) is 86.8 Å². The lowest BCUT2D eigenvalue weighted by atomic mass is 10.1. The van der Waals surface area contributed by atoms with Gasteiger partial charge in [0, 0.05) is 19.8 Å². The summed E-state index contributed by atoms with van der Waals surface area (Å²) >= 11 is 2.42. The molecule has 0 saturated heterocycles. The smallest absolute Gasteiger partial charge is 0.252 e. The number of nitrogens with one attached hydrogen (secondary N) is 1. The first-order valence-electron chi connectivity index (χ1n) is 8.46. The minimum absolute atomic E-state index is 0.157. The number of rotatable bonds is 5. The number of anilines is 2. The molecule has 2 heterocycles. The fraction of sp³-hybridized carbons (Fsp3) is 0.333. The molecule has 28 heavy (non-hydrogen) atoms. The van der Waals surface area contributed by atoms with Gasteiger partial charge in [0.2, 0.25) is 11.8 Å². The Kier molecular flexibility index (Phi) is 5.85. The van der Waals surface area contributed by atoms with Gasteiger partial charge >= 0.3 is 0 Å². The average molecular weight is 440 g/mol. The van der Waals surface area contributed by atoms with E-state index in [1.165, 1.54) is 36.8 Å². The number of amides is 2. The summed E-state index contributed by atoms with van der Waals surface area (Å²) in [5.41, 5.74) is 3.12. The molecule has 0 spiro atoms. The maximum Gasteiger partial charge on any atom is 0.252 e. The first-order valence-corrected chi connectivity index (χ1v) is 11.7. The minimum atomic E-state index is -3.60. The summed E-state index contributed by atoms with van der Waals surface area (Å²) in [7, 11) is -0.679. The lowest BCUT2D eigenvalue weighted by Gasteiger charge is -2.26. The van der Waals surface area contributed by atoms with E-state index in [2.05, 4.69) is 5.32 Å². The van der Waals surface area contributed by atoms with E-state index in [1.807, 2.05) is 32.0 Å². The Morgan fingerprint density at radius 1 is 1.25 bits per heavy atom. The molecule has 2 aromatic rings. The zero-order valence-electron chi connectivity index (χ0n) is 16.0. The predicted molar refractivity (Wildman–Crippen MR) is 113 cm³/mol. The highest BCUT2D eigenvalue weighted by Crippen LogP contribution is 2.44. The summed E-state index contributed by atoms with van der Waals surface area (Å²) in [5, 5.41) is 2.84. The average Bonchev–Trinajstić information content (AvgIpc) is 3.06. The molecule has 3 rings (SSSR count). The van der Waals surface area contributed by atoms with Crippen molar-refractivity contribution < 1.29 is 18.0 Å². The molecular formula is C18H21N3O4S3. The molecular weight excluding hydrogens is 418 g/mol. The number of hydrogen-bond donors (Lipinski definition) is 1. The van der Waals surface area contributed by atoms with Gasteiger partial charge in [-0.3, -0.25) is 9.59 Å². The third-order valence-corrected chi connectivity index (χ3v) is 8.93. The Labute approximate surface area is 172 Å². The fourth-order valence-electron chi connectivity index (χ4n) is 2.66. The molecule has 0 radical (unpaired) electrons. The van der Waals surface area contributed by atoms with E-state index in [1.54, 1.807) is 0 Å². The van der Waals surface area contributed by atoms with Crippen molar-refractivity contribution in [2.24, 2.45) is 0 Å². The van der Waals surface area contributed by atoms with Crippen LogP contribution in [-0.4, -0.2) is 50.9 Å². The summed E-state index contributed by atoms with van der Waals surface area (Å²) in [6.45, 7) is 3.66. The Bertz CT molecular complexity index is 1040. The van der Waals surface area contributed by atoms with Crippen LogP contribution >= 0.6 is 23.1 Å². The number of carbonyl (C=O) groups is 2. The summed E-state index contributed by atoms with van der Waals surface area (Å²) < 4.78 is 26.8. The number of thioether (sulfide) groups is 1. The van der Waals surface area contributed by atoms with Crippen LogP contribution in [0.2, 0.25) is 0 Å². The van der Waals surface area contributed by atoms with E-state index in [0.29, 0.717) is 11.4 Å². The molecule has 10 heteroatoms. The van der Waals surface area contributed by atoms with Gasteiger partial charge in [-0.25, -0.2) is 12.7 Å². The van der Waals surface area contributed by atoms with Crippen LogP contribution in [0.25, 0.3) is 0 Å². The molecule has 1 aromatic carbocycles. The third kappa shape index (κ3) is 4.09. The van der Waals surface area contributed by atoms with Crippen LogP contribution in [0.4, 0.5) is 11.4 Å². The molecule has 1 aromatic heterocycles. The SMILES string of the molecule is Cc1ccc(C)c(NC(=O)CN2C(=O)CSc3sc(S(=O)(=O)N(C)C)cc32)c1. The first kappa shape index (κ1) is 20.8. The van der Waals surface area contributed by atoms with Crippen LogP contribution in [0.3, 0.4) is 0 Å². The maximum absolute atomic E-state index is 12.6. The quantitative estimate of drug-likeness (QED) is 0.774. The Morgan fingerprint density at radius 2 is 1.96 bits per heavy atom. The zero-order chi connectivity index (χ0) is 20.6. The number of fused-ring (bicyclic) bond motifs is 1. The van der Waals surface area contributed by atoms with Crippen molar-refractivity contribution in [2.75, 3.05) is 36.6 Å². The van der Waals surface area contributed by atoms with Crippen molar-refractivity contribution in [3.63, 3.8) is 0 Å². The highest BCUT2D eigenvalue weighted by atomic mass is 32.3. The van der Waals surface area contributed by atoms with Gasteiger partial charge < -0.3 is 10.2 Å². The van der Waals surface area contributed by atoms with Gasteiger partial charge in [0.1, 0.15) is 10.8 Å². The Hall–Kier alpha value is -1.88. The highest BCUT2D eigenvalue weighted by molar-refractivity contribution is 8.02. The van der Waals surface area contributed by atoms with Gasteiger partial charge in [-0.1, -0.05) is 12.1 Å². The summed E-state index contributed by atoms with van der Waals surface area (Å²) in [4.78, 5) is 26.4. The van der Waals surface area contributed by atoms with E-state index < -0.39 is 10.0 Å². The molecule has 2 amide bonds. The largest absolute Gasteiger partial charge is 0.324 e. The lowest BCUT2D eigenvalue weighted by Crippen LogP contribution is -2.40. The highest BCUT2D eigenvalue weighted by Gasteiger charge is 2.32. The normalized spacial score (nSPS) is 14.3. The van der Waals surface area contributed by atoms with Crippen LogP contribution in [-0.2, 0) is 19.6 Å². The van der Waals surface area contributed by atoms with Gasteiger partial charge in [-0.2, -0.15) is 0 Å². The van der Waals surface area contributed by atoms with Crippen LogP contribution in [0.15, 0.2) is 32.7 Å². The van der Waals surface area contributed by atoms with Gasteiger partial charge in [0.15, 0.2) is 0 Å². The van der Waals surface area contributed by atoms with Crippen molar-refractivity contribution >= 4 is 56.3 Å². The van der Waals surface area contributed by atoms with Crippen molar-refractivity contribution in [1.29, 1.82) is 0 Å². The molecule has 0 unspecified atom stereocenters. The molecule has 1 N–H and O–H groups in total. The number of benzene rings is 1. The summed E-state index contributed by atoms with van der Waals surface area (Å²) in [6, 6.07) is 7.23. The number of aryl methyl sites for hydroxylation is 2. The van der Waals surface area contributed by atoms with Crippen molar-refractivity contribution in [2.45, 2.75) is 22.3 Å². The predicted octanol–water partition coefficient (Wildman–Crippen LogP) is 2.69. The zero-order valence-corrected chi connectivity index (χ0v) is 18.4. The summed E-state index contributed by atoms with van der Waals surface area (Å²) in [6.07, 6.45) is 0. The van der Waals surface area contributed by atoms with Gasteiger partial charge in [0.25, 0.3) is 10.0 Å². The third-order valence-electron chi connectivity index (χ3n) is 4.28. The fourth-order valence-corrected chi connectivity index (χ4v) is 6.59. The van der Waals surface area contributed by atoms with Gasteiger partial charge in [-0.15, -0.1) is 23.1 Å². The number of nitrogens with zero attached hydrogens (tertiary/aromatic N) is 2. The second-order valence-corrected chi connectivity index (χ2v) is 11.3. The van der Waals surface area contributed by atoms with Crippen molar-refractivity contribution in [3.05, 3.63) is 35.4 Å². The molecule has 1 aliphatic rings. The molecule has 0 bridgehead atoms. The molecule has 0 aliphatic carbocycles. The van der Waals surface area contributed by atoms with E-state index in [9.17, 15) is 18.0 Å². The van der Waals surface area contributed by atoms with Gasteiger partial charge in [0.05, 0.1) is 15.6 Å². The van der Waals surface area contributed by atoms with E-state index in [-0.39, 0.29) is 28.3 Å². The monoisotopic (exact) mass is 439 g/mol. The molecule has 0 saturated carbocycles. The second-order valence-electron chi connectivity index (χ2n) is 6.66. The number of sulfonamides is 1. The van der Waals surface area contributed by atoms with Crippen molar-refractivity contribution in [1.82, 2.24) is 4.31 Å². The molecule has 0 fully saturated rings. The second kappa shape index (κ2) is 7.86. The van der Waals surface area contributed by atoms with E-state index >= 15 is 0 Å². The molecule has 0 atom stereocenters. The first-order chi connectivity index (χ1) is 13.1. The van der Waals surface area contributed by atoms with Crippen LogP contribution in [0, 0.1) is 13.8 Å². The van der Waals surface area contributed by atoms with E-state index in [0.717, 1.165) is 31.0 Å². The lowest BCUT2D eigenvalue weighted by molar-refractivity contribution is -0.120. The Morgan fingerprint density at radius 3 is 2.64 bits per heavy atom. The number of carbonyl (C=O) groups excluding carboxylic acids is 2. The Balaban J connectivity index is 1.85. The van der Waals surface area contributed by atoms with Crippen molar-refractivity contribution in [3.8, 4) is 0 Å². The maximum atomic E-state index is 12.6.